The van der Waals surface area contributed by atoms with Crippen LogP contribution < -0.4 is 5.73 Å². The topological polar surface area (TPSA) is 26.0 Å². The van der Waals surface area contributed by atoms with E-state index in [2.05, 4.69) is 6.92 Å². The third-order valence-corrected chi connectivity index (χ3v) is 3.69. The molecular formula is C10H19N. The molecule has 0 aromatic heterocycles. The first kappa shape index (κ1) is 7.60. The summed E-state index contributed by atoms with van der Waals surface area (Å²) in [6.45, 7) is 2.41. The molecule has 2 rings (SSSR count). The van der Waals surface area contributed by atoms with Gasteiger partial charge in [-0.05, 0) is 43.9 Å². The Hall–Kier alpha value is -0.0400. The first-order valence-corrected chi connectivity index (χ1v) is 4.91. The SMILES string of the molecule is CC1(CC2(N)CCC2)CCC1. The summed E-state index contributed by atoms with van der Waals surface area (Å²) < 4.78 is 0. The molecule has 11 heavy (non-hydrogen) atoms. The largest absolute Gasteiger partial charge is 0.325 e. The average molecular weight is 153 g/mol. The van der Waals surface area contributed by atoms with Gasteiger partial charge in [0.1, 0.15) is 0 Å². The Bertz CT molecular complexity index is 136. The van der Waals surface area contributed by atoms with Crippen LogP contribution in [0.4, 0.5) is 0 Å². The fraction of sp³-hybridized carbons (Fsp3) is 1.00. The molecule has 0 heterocycles. The van der Waals surface area contributed by atoms with Crippen LogP contribution >= 0.6 is 0 Å². The maximum absolute atomic E-state index is 6.20. The summed E-state index contributed by atoms with van der Waals surface area (Å²) in [6, 6.07) is 0. The lowest BCUT2D eigenvalue weighted by molar-refractivity contribution is 0.0701. The van der Waals surface area contributed by atoms with E-state index in [1.54, 1.807) is 0 Å². The molecule has 0 aliphatic heterocycles. The fourth-order valence-electron chi connectivity index (χ4n) is 2.61. The standard InChI is InChI=1S/C10H19N/c1-9(4-2-5-9)8-10(11)6-3-7-10/h2-8,11H2,1H3. The zero-order valence-corrected chi connectivity index (χ0v) is 7.53. The van der Waals surface area contributed by atoms with Gasteiger partial charge in [0.05, 0.1) is 0 Å². The molecule has 2 aliphatic rings. The van der Waals surface area contributed by atoms with Crippen LogP contribution in [0.1, 0.15) is 51.9 Å². The minimum absolute atomic E-state index is 0.259. The van der Waals surface area contributed by atoms with Gasteiger partial charge in [-0.2, -0.15) is 0 Å². The molecule has 0 unspecified atom stereocenters. The molecule has 0 saturated heterocycles. The van der Waals surface area contributed by atoms with Crippen LogP contribution in [-0.2, 0) is 0 Å². The van der Waals surface area contributed by atoms with Crippen LogP contribution in [0.15, 0.2) is 0 Å². The number of rotatable bonds is 2. The van der Waals surface area contributed by atoms with Gasteiger partial charge in [0.2, 0.25) is 0 Å². The molecule has 2 aliphatic carbocycles. The normalized spacial score (nSPS) is 32.2. The Labute approximate surface area is 69.4 Å². The second-order valence-corrected chi connectivity index (χ2v) is 5.06. The van der Waals surface area contributed by atoms with Gasteiger partial charge < -0.3 is 5.73 Å². The van der Waals surface area contributed by atoms with Gasteiger partial charge in [-0.1, -0.05) is 13.3 Å². The van der Waals surface area contributed by atoms with E-state index in [9.17, 15) is 0 Å². The van der Waals surface area contributed by atoms with Gasteiger partial charge in [-0.25, -0.2) is 0 Å². The van der Waals surface area contributed by atoms with E-state index in [0.717, 1.165) is 0 Å². The van der Waals surface area contributed by atoms with Crippen LogP contribution in [0.3, 0.4) is 0 Å². The summed E-state index contributed by atoms with van der Waals surface area (Å²) >= 11 is 0. The van der Waals surface area contributed by atoms with Crippen LogP contribution in [0.2, 0.25) is 0 Å². The zero-order valence-electron chi connectivity index (χ0n) is 7.53. The highest BCUT2D eigenvalue weighted by Crippen LogP contribution is 2.49. The predicted molar refractivity (Wildman–Crippen MR) is 47.3 cm³/mol. The molecule has 0 amide bonds. The average Bonchev–Trinajstić information content (AvgIpc) is 1.81. The van der Waals surface area contributed by atoms with E-state index in [1.165, 1.54) is 44.9 Å². The van der Waals surface area contributed by atoms with Crippen molar-refractivity contribution in [2.45, 2.75) is 57.4 Å². The first-order valence-electron chi connectivity index (χ1n) is 4.91. The van der Waals surface area contributed by atoms with Crippen LogP contribution in [0.5, 0.6) is 0 Å². The van der Waals surface area contributed by atoms with Crippen molar-refractivity contribution < 1.29 is 0 Å². The zero-order chi connectivity index (χ0) is 7.95. The maximum atomic E-state index is 6.20. The second-order valence-electron chi connectivity index (χ2n) is 5.06. The summed E-state index contributed by atoms with van der Waals surface area (Å²) in [4.78, 5) is 0. The Morgan fingerprint density at radius 3 is 1.91 bits per heavy atom. The monoisotopic (exact) mass is 153 g/mol. The molecule has 64 valence electrons. The van der Waals surface area contributed by atoms with Gasteiger partial charge in [-0.3, -0.25) is 0 Å². The molecule has 0 aromatic carbocycles. The quantitative estimate of drug-likeness (QED) is 0.648. The van der Waals surface area contributed by atoms with Gasteiger partial charge in [0.25, 0.3) is 0 Å². The smallest absolute Gasteiger partial charge is 0.0159 e. The van der Waals surface area contributed by atoms with Crippen molar-refractivity contribution >= 4 is 0 Å². The molecule has 0 spiro atoms. The van der Waals surface area contributed by atoms with Crippen molar-refractivity contribution in [1.29, 1.82) is 0 Å². The van der Waals surface area contributed by atoms with E-state index < -0.39 is 0 Å². The van der Waals surface area contributed by atoms with E-state index >= 15 is 0 Å². The lowest BCUT2D eigenvalue weighted by Crippen LogP contribution is -2.51. The fourth-order valence-corrected chi connectivity index (χ4v) is 2.61. The Balaban J connectivity index is 1.88. The minimum atomic E-state index is 0.259. The highest BCUT2D eigenvalue weighted by Gasteiger charge is 2.42. The lowest BCUT2D eigenvalue weighted by Gasteiger charge is -2.49. The second kappa shape index (κ2) is 2.22. The molecule has 2 fully saturated rings. The summed E-state index contributed by atoms with van der Waals surface area (Å²) in [5, 5.41) is 0. The third kappa shape index (κ3) is 1.31. The molecule has 0 radical (unpaired) electrons. The van der Waals surface area contributed by atoms with E-state index in [1.807, 2.05) is 0 Å². The van der Waals surface area contributed by atoms with E-state index in [0.29, 0.717) is 5.41 Å². The molecule has 0 bridgehead atoms. The molecule has 2 N–H and O–H groups in total. The summed E-state index contributed by atoms with van der Waals surface area (Å²) in [6.07, 6.45) is 9.50. The molecule has 1 nitrogen and oxygen atoms in total. The number of nitrogens with two attached hydrogens (primary N) is 1. The lowest BCUT2D eigenvalue weighted by atomic mass is 9.60. The van der Waals surface area contributed by atoms with Crippen molar-refractivity contribution in [3.8, 4) is 0 Å². The van der Waals surface area contributed by atoms with Gasteiger partial charge >= 0.3 is 0 Å². The number of hydrogen-bond donors (Lipinski definition) is 1. The van der Waals surface area contributed by atoms with Gasteiger partial charge in [0.15, 0.2) is 0 Å². The van der Waals surface area contributed by atoms with Crippen LogP contribution in [0, 0.1) is 5.41 Å². The van der Waals surface area contributed by atoms with Crippen molar-refractivity contribution in [2.24, 2.45) is 11.1 Å². The Morgan fingerprint density at radius 2 is 1.64 bits per heavy atom. The molecule has 0 aromatic rings. The minimum Gasteiger partial charge on any atom is -0.325 e. The number of hydrogen-bond acceptors (Lipinski definition) is 1. The predicted octanol–water partition coefficient (Wildman–Crippen LogP) is 2.45. The molecule has 0 atom stereocenters. The van der Waals surface area contributed by atoms with Crippen LogP contribution in [-0.4, -0.2) is 5.54 Å². The van der Waals surface area contributed by atoms with Crippen molar-refractivity contribution in [1.82, 2.24) is 0 Å². The third-order valence-electron chi connectivity index (χ3n) is 3.69. The Morgan fingerprint density at radius 1 is 1.09 bits per heavy atom. The summed E-state index contributed by atoms with van der Waals surface area (Å²) in [5.41, 5.74) is 7.09. The van der Waals surface area contributed by atoms with Crippen molar-refractivity contribution in [2.75, 3.05) is 0 Å². The van der Waals surface area contributed by atoms with Crippen molar-refractivity contribution in [3.63, 3.8) is 0 Å². The van der Waals surface area contributed by atoms with E-state index in [4.69, 9.17) is 5.73 Å². The molecule has 1 heteroatoms. The Kier molecular flexibility index (Phi) is 1.54. The van der Waals surface area contributed by atoms with Crippen LogP contribution in [0.25, 0.3) is 0 Å². The first-order chi connectivity index (χ1) is 5.12. The highest BCUT2D eigenvalue weighted by atomic mass is 14.8. The van der Waals surface area contributed by atoms with E-state index in [-0.39, 0.29) is 5.54 Å². The molecular weight excluding hydrogens is 134 g/mol. The summed E-state index contributed by atoms with van der Waals surface area (Å²) in [5.74, 6) is 0. The molecule has 2 saturated carbocycles. The summed E-state index contributed by atoms with van der Waals surface area (Å²) in [7, 11) is 0. The van der Waals surface area contributed by atoms with Crippen molar-refractivity contribution in [3.05, 3.63) is 0 Å². The maximum Gasteiger partial charge on any atom is 0.0159 e. The highest BCUT2D eigenvalue weighted by molar-refractivity contribution is 4.99. The van der Waals surface area contributed by atoms with Gasteiger partial charge in [0, 0.05) is 5.54 Å². The van der Waals surface area contributed by atoms with Gasteiger partial charge in [-0.15, -0.1) is 0 Å².